The van der Waals surface area contributed by atoms with Crippen LogP contribution in [0.5, 0.6) is 0 Å². The summed E-state index contributed by atoms with van der Waals surface area (Å²) in [7, 11) is 0. The SMILES string of the molecule is NC(=O)CC(O)CSc1ccccc1Cl. The van der Waals surface area contributed by atoms with Crippen LogP contribution in [0.25, 0.3) is 0 Å². The van der Waals surface area contributed by atoms with Gasteiger partial charge in [-0.15, -0.1) is 11.8 Å². The molecule has 1 unspecified atom stereocenters. The Labute approximate surface area is 97.6 Å². The molecule has 0 heterocycles. The Kier molecular flexibility index (Phi) is 4.94. The van der Waals surface area contributed by atoms with Crippen LogP contribution in [0, 0.1) is 0 Å². The minimum atomic E-state index is -0.719. The highest BCUT2D eigenvalue weighted by atomic mass is 35.5. The van der Waals surface area contributed by atoms with Crippen molar-refractivity contribution >= 4 is 29.3 Å². The van der Waals surface area contributed by atoms with Gasteiger partial charge in [0.05, 0.1) is 17.5 Å². The quantitative estimate of drug-likeness (QED) is 0.776. The van der Waals surface area contributed by atoms with Crippen molar-refractivity contribution in [2.45, 2.75) is 17.4 Å². The molecular formula is C10H12ClNO2S. The Balaban J connectivity index is 2.43. The van der Waals surface area contributed by atoms with E-state index in [1.54, 1.807) is 6.07 Å². The summed E-state index contributed by atoms with van der Waals surface area (Å²) >= 11 is 7.33. The summed E-state index contributed by atoms with van der Waals surface area (Å²) in [6.07, 6.45) is -0.735. The van der Waals surface area contributed by atoms with Crippen LogP contribution >= 0.6 is 23.4 Å². The fourth-order valence-electron chi connectivity index (χ4n) is 1.04. The van der Waals surface area contributed by atoms with Crippen molar-refractivity contribution in [2.24, 2.45) is 5.73 Å². The number of aliphatic hydroxyl groups excluding tert-OH is 1. The number of nitrogens with two attached hydrogens (primary N) is 1. The summed E-state index contributed by atoms with van der Waals surface area (Å²) in [5.41, 5.74) is 4.96. The minimum Gasteiger partial charge on any atom is -0.392 e. The molecule has 0 aliphatic rings. The van der Waals surface area contributed by atoms with Crippen molar-refractivity contribution in [1.29, 1.82) is 0 Å². The molecular weight excluding hydrogens is 234 g/mol. The normalized spacial score (nSPS) is 12.4. The fourth-order valence-corrected chi connectivity index (χ4v) is 2.21. The molecule has 82 valence electrons. The molecule has 3 N–H and O–H groups in total. The number of rotatable bonds is 5. The second kappa shape index (κ2) is 6.00. The largest absolute Gasteiger partial charge is 0.392 e. The fraction of sp³-hybridized carbons (Fsp3) is 0.300. The molecule has 0 radical (unpaired) electrons. The Morgan fingerprint density at radius 1 is 1.53 bits per heavy atom. The van der Waals surface area contributed by atoms with Crippen LogP contribution in [0.1, 0.15) is 6.42 Å². The number of primary amides is 1. The Morgan fingerprint density at radius 3 is 2.80 bits per heavy atom. The van der Waals surface area contributed by atoms with E-state index in [1.807, 2.05) is 18.2 Å². The third-order valence-corrected chi connectivity index (χ3v) is 3.36. The van der Waals surface area contributed by atoms with Gasteiger partial charge >= 0.3 is 0 Å². The van der Waals surface area contributed by atoms with Gasteiger partial charge < -0.3 is 10.8 Å². The average molecular weight is 246 g/mol. The van der Waals surface area contributed by atoms with Gasteiger partial charge in [-0.1, -0.05) is 23.7 Å². The van der Waals surface area contributed by atoms with E-state index >= 15 is 0 Å². The molecule has 1 amide bonds. The molecule has 0 aliphatic carbocycles. The summed E-state index contributed by atoms with van der Waals surface area (Å²) in [6.45, 7) is 0. The first-order valence-corrected chi connectivity index (χ1v) is 5.79. The van der Waals surface area contributed by atoms with E-state index in [0.717, 1.165) is 4.90 Å². The predicted octanol–water partition coefficient (Wildman–Crippen LogP) is 1.67. The molecule has 5 heteroatoms. The van der Waals surface area contributed by atoms with E-state index in [9.17, 15) is 9.90 Å². The van der Waals surface area contributed by atoms with Crippen molar-refractivity contribution in [3.63, 3.8) is 0 Å². The summed E-state index contributed by atoms with van der Waals surface area (Å²) < 4.78 is 0. The van der Waals surface area contributed by atoms with E-state index in [0.29, 0.717) is 10.8 Å². The lowest BCUT2D eigenvalue weighted by Crippen LogP contribution is -2.21. The van der Waals surface area contributed by atoms with E-state index in [-0.39, 0.29) is 6.42 Å². The number of hydrogen-bond donors (Lipinski definition) is 2. The van der Waals surface area contributed by atoms with Crippen LogP contribution in [0.3, 0.4) is 0 Å². The molecule has 0 bridgehead atoms. The number of hydrogen-bond acceptors (Lipinski definition) is 3. The molecule has 0 saturated heterocycles. The van der Waals surface area contributed by atoms with Crippen molar-refractivity contribution in [1.82, 2.24) is 0 Å². The standard InChI is InChI=1S/C10H12ClNO2S/c11-8-3-1-2-4-9(8)15-6-7(13)5-10(12)14/h1-4,7,13H,5-6H2,(H2,12,14). The maximum Gasteiger partial charge on any atom is 0.220 e. The zero-order valence-corrected chi connectivity index (χ0v) is 9.59. The van der Waals surface area contributed by atoms with Crippen molar-refractivity contribution in [3.05, 3.63) is 29.3 Å². The van der Waals surface area contributed by atoms with Crippen molar-refractivity contribution < 1.29 is 9.90 Å². The van der Waals surface area contributed by atoms with Gasteiger partial charge in [0.1, 0.15) is 0 Å². The van der Waals surface area contributed by atoms with Crippen molar-refractivity contribution in [3.8, 4) is 0 Å². The maximum absolute atomic E-state index is 10.5. The molecule has 0 aromatic heterocycles. The van der Waals surface area contributed by atoms with E-state index in [4.69, 9.17) is 17.3 Å². The number of carbonyl (C=O) groups is 1. The smallest absolute Gasteiger partial charge is 0.220 e. The molecule has 3 nitrogen and oxygen atoms in total. The lowest BCUT2D eigenvalue weighted by Gasteiger charge is -2.08. The monoisotopic (exact) mass is 245 g/mol. The van der Waals surface area contributed by atoms with Gasteiger partial charge in [0.25, 0.3) is 0 Å². The molecule has 1 atom stereocenters. The van der Waals surface area contributed by atoms with Crippen LogP contribution in [0.4, 0.5) is 0 Å². The highest BCUT2D eigenvalue weighted by molar-refractivity contribution is 7.99. The van der Waals surface area contributed by atoms with Gasteiger partial charge in [-0.25, -0.2) is 0 Å². The number of amides is 1. The molecule has 0 saturated carbocycles. The first-order chi connectivity index (χ1) is 7.09. The van der Waals surface area contributed by atoms with Crippen LogP contribution in [-0.4, -0.2) is 22.9 Å². The van der Waals surface area contributed by atoms with Crippen LogP contribution in [0.15, 0.2) is 29.2 Å². The van der Waals surface area contributed by atoms with Gasteiger partial charge in [-0.2, -0.15) is 0 Å². The Morgan fingerprint density at radius 2 is 2.20 bits per heavy atom. The zero-order valence-electron chi connectivity index (χ0n) is 8.02. The van der Waals surface area contributed by atoms with Gasteiger partial charge in [0, 0.05) is 10.6 Å². The second-order valence-electron chi connectivity index (χ2n) is 3.07. The minimum absolute atomic E-state index is 0.0164. The predicted molar refractivity (Wildman–Crippen MR) is 62.0 cm³/mol. The number of carbonyl (C=O) groups excluding carboxylic acids is 1. The molecule has 1 aromatic rings. The van der Waals surface area contributed by atoms with Crippen LogP contribution in [0.2, 0.25) is 5.02 Å². The second-order valence-corrected chi connectivity index (χ2v) is 4.53. The summed E-state index contributed by atoms with van der Waals surface area (Å²) in [5.74, 6) is -0.0885. The van der Waals surface area contributed by atoms with E-state index in [2.05, 4.69) is 0 Å². The number of thioether (sulfide) groups is 1. The molecule has 1 rings (SSSR count). The molecule has 1 aromatic carbocycles. The third-order valence-electron chi connectivity index (χ3n) is 1.70. The number of halogens is 1. The third kappa shape index (κ3) is 4.55. The number of aliphatic hydroxyl groups is 1. The van der Waals surface area contributed by atoms with Gasteiger partial charge in [0.2, 0.25) is 5.91 Å². The van der Waals surface area contributed by atoms with Gasteiger partial charge in [0.15, 0.2) is 0 Å². The Hall–Kier alpha value is -0.710. The van der Waals surface area contributed by atoms with Crippen molar-refractivity contribution in [2.75, 3.05) is 5.75 Å². The highest BCUT2D eigenvalue weighted by Gasteiger charge is 2.09. The molecule has 0 fully saturated rings. The molecule has 15 heavy (non-hydrogen) atoms. The topological polar surface area (TPSA) is 63.3 Å². The maximum atomic E-state index is 10.5. The van der Waals surface area contributed by atoms with E-state index < -0.39 is 12.0 Å². The zero-order chi connectivity index (χ0) is 11.3. The average Bonchev–Trinajstić information content (AvgIpc) is 2.15. The molecule has 0 spiro atoms. The first-order valence-electron chi connectivity index (χ1n) is 4.43. The highest BCUT2D eigenvalue weighted by Crippen LogP contribution is 2.27. The summed E-state index contributed by atoms with van der Waals surface area (Å²) in [6, 6.07) is 7.36. The van der Waals surface area contributed by atoms with Gasteiger partial charge in [-0.3, -0.25) is 4.79 Å². The number of benzene rings is 1. The van der Waals surface area contributed by atoms with Gasteiger partial charge in [-0.05, 0) is 12.1 Å². The lowest BCUT2D eigenvalue weighted by atomic mass is 10.3. The van der Waals surface area contributed by atoms with Crippen LogP contribution in [-0.2, 0) is 4.79 Å². The van der Waals surface area contributed by atoms with Crippen LogP contribution < -0.4 is 5.73 Å². The summed E-state index contributed by atoms with van der Waals surface area (Å²) in [4.78, 5) is 11.4. The molecule has 0 aliphatic heterocycles. The Bertz CT molecular complexity index is 346. The van der Waals surface area contributed by atoms with E-state index in [1.165, 1.54) is 11.8 Å². The lowest BCUT2D eigenvalue weighted by molar-refractivity contribution is -0.119. The summed E-state index contributed by atoms with van der Waals surface area (Å²) in [5, 5.41) is 10.1. The first kappa shape index (κ1) is 12.4.